The number of nitrogens with one attached hydrogen (secondary N) is 2. The van der Waals surface area contributed by atoms with E-state index in [0.717, 1.165) is 0 Å². The van der Waals surface area contributed by atoms with Crippen LogP contribution in [-0.4, -0.2) is 32.7 Å². The van der Waals surface area contributed by atoms with Crippen LogP contribution in [0.25, 0.3) is 0 Å². The molecule has 0 unspecified atom stereocenters. The Kier molecular flexibility index (Phi) is 4.13. The normalized spacial score (nSPS) is 10.1. The lowest BCUT2D eigenvalue weighted by atomic mass is 10.2. The molecule has 0 spiro atoms. The molecular weight excluding hydrogens is 274 g/mol. The number of hydrogen-bond donors (Lipinski definition) is 3. The SMILES string of the molecule is CC(=O)c1c[nH]c(C(=O)NCc2ccc(C(=O)O)nc2)c1. The Morgan fingerprint density at radius 3 is 2.62 bits per heavy atom. The number of carbonyl (C=O) groups is 3. The number of H-pyrrole nitrogens is 1. The Hall–Kier alpha value is -2.96. The summed E-state index contributed by atoms with van der Waals surface area (Å²) in [6, 6.07) is 4.42. The summed E-state index contributed by atoms with van der Waals surface area (Å²) < 4.78 is 0. The quantitative estimate of drug-likeness (QED) is 0.716. The van der Waals surface area contributed by atoms with Crippen molar-refractivity contribution in [1.29, 1.82) is 0 Å². The van der Waals surface area contributed by atoms with E-state index in [1.54, 1.807) is 6.07 Å². The van der Waals surface area contributed by atoms with E-state index in [1.165, 1.54) is 31.5 Å². The van der Waals surface area contributed by atoms with Gasteiger partial charge in [-0.3, -0.25) is 9.59 Å². The summed E-state index contributed by atoms with van der Waals surface area (Å²) in [4.78, 5) is 40.1. The fourth-order valence-corrected chi connectivity index (χ4v) is 1.66. The summed E-state index contributed by atoms with van der Waals surface area (Å²) >= 11 is 0. The van der Waals surface area contributed by atoms with Crippen LogP contribution in [0.4, 0.5) is 0 Å². The topological polar surface area (TPSA) is 112 Å². The third kappa shape index (κ3) is 3.53. The molecule has 0 saturated carbocycles. The van der Waals surface area contributed by atoms with Crippen molar-refractivity contribution >= 4 is 17.7 Å². The molecule has 2 rings (SSSR count). The highest BCUT2D eigenvalue weighted by molar-refractivity contribution is 5.99. The summed E-state index contributed by atoms with van der Waals surface area (Å²) in [5, 5.41) is 11.4. The van der Waals surface area contributed by atoms with E-state index in [4.69, 9.17) is 5.11 Å². The van der Waals surface area contributed by atoms with Crippen molar-refractivity contribution in [2.45, 2.75) is 13.5 Å². The number of amides is 1. The van der Waals surface area contributed by atoms with Crippen LogP contribution in [0.15, 0.2) is 30.6 Å². The van der Waals surface area contributed by atoms with Gasteiger partial charge in [0.25, 0.3) is 5.91 Å². The van der Waals surface area contributed by atoms with Gasteiger partial charge in [0.2, 0.25) is 0 Å². The number of pyridine rings is 1. The van der Waals surface area contributed by atoms with E-state index in [-0.39, 0.29) is 29.6 Å². The minimum Gasteiger partial charge on any atom is -0.477 e. The minimum absolute atomic E-state index is 0.0551. The van der Waals surface area contributed by atoms with Gasteiger partial charge in [-0.2, -0.15) is 0 Å². The van der Waals surface area contributed by atoms with Crippen LogP contribution < -0.4 is 5.32 Å². The zero-order chi connectivity index (χ0) is 15.4. The number of Topliss-reactive ketones (excluding diaryl/α,β-unsaturated/α-hetero) is 1. The first-order chi connectivity index (χ1) is 9.97. The Balaban J connectivity index is 1.97. The smallest absolute Gasteiger partial charge is 0.354 e. The number of carboxylic acids is 1. The highest BCUT2D eigenvalue weighted by Gasteiger charge is 2.10. The molecule has 0 radical (unpaired) electrons. The number of rotatable bonds is 5. The summed E-state index contributed by atoms with van der Waals surface area (Å²) in [7, 11) is 0. The van der Waals surface area contributed by atoms with E-state index < -0.39 is 5.97 Å². The molecule has 7 nitrogen and oxygen atoms in total. The Morgan fingerprint density at radius 2 is 2.10 bits per heavy atom. The standard InChI is InChI=1S/C14H13N3O4/c1-8(18)10-4-12(16-7-10)13(19)17-6-9-2-3-11(14(20)21)15-5-9/h2-5,7,16H,6H2,1H3,(H,17,19)(H,20,21). The third-order valence-electron chi connectivity index (χ3n) is 2.83. The van der Waals surface area contributed by atoms with Gasteiger partial charge in [-0.25, -0.2) is 9.78 Å². The van der Waals surface area contributed by atoms with Crippen molar-refractivity contribution in [3.63, 3.8) is 0 Å². The first kappa shape index (κ1) is 14.4. The van der Waals surface area contributed by atoms with Gasteiger partial charge >= 0.3 is 5.97 Å². The first-order valence-electron chi connectivity index (χ1n) is 6.13. The molecule has 0 saturated heterocycles. The summed E-state index contributed by atoms with van der Waals surface area (Å²) in [6.45, 7) is 1.63. The predicted molar refractivity (Wildman–Crippen MR) is 73.2 cm³/mol. The monoisotopic (exact) mass is 287 g/mol. The van der Waals surface area contributed by atoms with Crippen molar-refractivity contribution in [3.05, 3.63) is 53.1 Å². The number of aromatic carboxylic acids is 1. The van der Waals surface area contributed by atoms with E-state index in [2.05, 4.69) is 15.3 Å². The van der Waals surface area contributed by atoms with Gasteiger partial charge < -0.3 is 15.4 Å². The second kappa shape index (κ2) is 6.00. The van der Waals surface area contributed by atoms with Gasteiger partial charge in [0.15, 0.2) is 5.78 Å². The molecule has 2 aromatic heterocycles. The number of carboxylic acid groups (broad SMARTS) is 1. The van der Waals surface area contributed by atoms with Crippen molar-refractivity contribution in [3.8, 4) is 0 Å². The number of carbonyl (C=O) groups excluding carboxylic acids is 2. The van der Waals surface area contributed by atoms with Crippen LogP contribution in [0.2, 0.25) is 0 Å². The first-order valence-corrected chi connectivity index (χ1v) is 6.13. The molecule has 108 valence electrons. The van der Waals surface area contributed by atoms with E-state index >= 15 is 0 Å². The largest absolute Gasteiger partial charge is 0.477 e. The fraction of sp³-hybridized carbons (Fsp3) is 0.143. The summed E-state index contributed by atoms with van der Waals surface area (Å²) in [5.74, 6) is -1.59. The molecular formula is C14H13N3O4. The van der Waals surface area contributed by atoms with Gasteiger partial charge in [-0.1, -0.05) is 6.07 Å². The van der Waals surface area contributed by atoms with Gasteiger partial charge in [0.1, 0.15) is 11.4 Å². The average molecular weight is 287 g/mol. The number of aromatic nitrogens is 2. The lowest BCUT2D eigenvalue weighted by molar-refractivity contribution is 0.0689. The van der Waals surface area contributed by atoms with Crippen molar-refractivity contribution in [2.75, 3.05) is 0 Å². The summed E-state index contributed by atoms with van der Waals surface area (Å²) in [6.07, 6.45) is 2.86. The van der Waals surface area contributed by atoms with Gasteiger partial charge in [0, 0.05) is 24.5 Å². The third-order valence-corrected chi connectivity index (χ3v) is 2.83. The second-order valence-corrected chi connectivity index (χ2v) is 4.40. The lowest BCUT2D eigenvalue weighted by Gasteiger charge is -2.04. The molecule has 0 aliphatic carbocycles. The molecule has 0 aliphatic heterocycles. The predicted octanol–water partition coefficient (Wildman–Crippen LogP) is 1.24. The number of aromatic amines is 1. The fourth-order valence-electron chi connectivity index (χ4n) is 1.66. The van der Waals surface area contributed by atoms with Gasteiger partial charge in [-0.05, 0) is 24.6 Å². The molecule has 0 aromatic carbocycles. The van der Waals surface area contributed by atoms with Crippen molar-refractivity contribution in [1.82, 2.24) is 15.3 Å². The zero-order valence-corrected chi connectivity index (χ0v) is 11.2. The molecule has 3 N–H and O–H groups in total. The van der Waals surface area contributed by atoms with E-state index in [0.29, 0.717) is 11.1 Å². The second-order valence-electron chi connectivity index (χ2n) is 4.40. The van der Waals surface area contributed by atoms with E-state index in [1.807, 2.05) is 0 Å². The van der Waals surface area contributed by atoms with Crippen LogP contribution in [0.1, 0.15) is 43.8 Å². The molecule has 1 amide bonds. The van der Waals surface area contributed by atoms with Crippen LogP contribution >= 0.6 is 0 Å². The molecule has 2 heterocycles. The number of ketones is 1. The lowest BCUT2D eigenvalue weighted by Crippen LogP contribution is -2.23. The van der Waals surface area contributed by atoms with Crippen molar-refractivity contribution < 1.29 is 19.5 Å². The molecule has 0 bridgehead atoms. The van der Waals surface area contributed by atoms with Gasteiger partial charge in [-0.15, -0.1) is 0 Å². The molecule has 0 aliphatic rings. The molecule has 0 atom stereocenters. The number of hydrogen-bond acceptors (Lipinski definition) is 4. The molecule has 7 heteroatoms. The maximum absolute atomic E-state index is 11.9. The Bertz CT molecular complexity index is 688. The van der Waals surface area contributed by atoms with Crippen molar-refractivity contribution in [2.24, 2.45) is 0 Å². The van der Waals surface area contributed by atoms with Crippen LogP contribution in [-0.2, 0) is 6.54 Å². The Morgan fingerprint density at radius 1 is 1.33 bits per heavy atom. The molecule has 2 aromatic rings. The molecule has 21 heavy (non-hydrogen) atoms. The maximum atomic E-state index is 11.9. The molecule has 0 fully saturated rings. The zero-order valence-electron chi connectivity index (χ0n) is 11.2. The van der Waals surface area contributed by atoms with Gasteiger partial charge in [0.05, 0.1) is 0 Å². The highest BCUT2D eigenvalue weighted by Crippen LogP contribution is 2.05. The minimum atomic E-state index is -1.10. The average Bonchev–Trinajstić information content (AvgIpc) is 2.95. The van der Waals surface area contributed by atoms with Crippen LogP contribution in [0, 0.1) is 0 Å². The maximum Gasteiger partial charge on any atom is 0.354 e. The van der Waals surface area contributed by atoms with Crippen LogP contribution in [0.3, 0.4) is 0 Å². The number of nitrogens with zero attached hydrogens (tertiary/aromatic N) is 1. The Labute approximate surface area is 120 Å². The highest BCUT2D eigenvalue weighted by atomic mass is 16.4. The summed E-state index contributed by atoms with van der Waals surface area (Å²) in [5.41, 5.74) is 1.34. The van der Waals surface area contributed by atoms with Crippen LogP contribution in [0.5, 0.6) is 0 Å². The van der Waals surface area contributed by atoms with E-state index in [9.17, 15) is 14.4 Å².